The Bertz CT molecular complexity index is 681. The van der Waals surface area contributed by atoms with E-state index in [0.29, 0.717) is 10.6 Å². The van der Waals surface area contributed by atoms with E-state index in [-0.39, 0.29) is 16.4 Å². The van der Waals surface area contributed by atoms with Crippen LogP contribution in [0.1, 0.15) is 5.56 Å². The van der Waals surface area contributed by atoms with Crippen LogP contribution in [0.3, 0.4) is 0 Å². The molecule has 0 spiro atoms. The maximum Gasteiger partial charge on any atom is 0.263 e. The average molecular weight is 299 g/mol. The Kier molecular flexibility index (Phi) is 3.59. The van der Waals surface area contributed by atoms with Crippen LogP contribution in [0.15, 0.2) is 35.6 Å². The quantitative estimate of drug-likeness (QED) is 0.842. The second kappa shape index (κ2) is 5.02. The highest BCUT2D eigenvalue weighted by atomic mass is 35.5. The lowest BCUT2D eigenvalue weighted by Crippen LogP contribution is -2.14. The van der Waals surface area contributed by atoms with Gasteiger partial charge in [-0.2, -0.15) is 0 Å². The summed E-state index contributed by atoms with van der Waals surface area (Å²) in [6, 6.07) is 2.74. The zero-order valence-electron chi connectivity index (χ0n) is 9.96. The van der Waals surface area contributed by atoms with Gasteiger partial charge < -0.3 is 5.73 Å². The van der Waals surface area contributed by atoms with E-state index in [2.05, 4.69) is 14.7 Å². The van der Waals surface area contributed by atoms with E-state index in [1.54, 1.807) is 6.92 Å². The minimum Gasteiger partial charge on any atom is -0.397 e. The third-order valence-electron chi connectivity index (χ3n) is 2.37. The summed E-state index contributed by atoms with van der Waals surface area (Å²) in [5.41, 5.74) is 6.45. The molecule has 1 heterocycles. The Hall–Kier alpha value is -1.86. The van der Waals surface area contributed by atoms with E-state index in [0.717, 1.165) is 0 Å². The molecule has 0 amide bonds. The largest absolute Gasteiger partial charge is 0.397 e. The first-order valence-electron chi connectivity index (χ1n) is 5.24. The number of aryl methyl sites for hydroxylation is 1. The van der Waals surface area contributed by atoms with Gasteiger partial charge in [0.1, 0.15) is 0 Å². The highest BCUT2D eigenvalue weighted by Gasteiger charge is 2.17. The molecule has 0 aliphatic rings. The minimum absolute atomic E-state index is 0.0255. The molecule has 0 aliphatic heterocycles. The standard InChI is InChI=1S/C11H11ClN4O2S/c1-7-4-8(5-9(13)11(7)12)19(17,18)16-10-6-14-2-3-15-10/h2-6H,13H2,1H3,(H,15,16). The smallest absolute Gasteiger partial charge is 0.263 e. The van der Waals surface area contributed by atoms with Crippen molar-refractivity contribution in [3.05, 3.63) is 41.3 Å². The predicted molar refractivity (Wildman–Crippen MR) is 73.4 cm³/mol. The van der Waals surface area contributed by atoms with Gasteiger partial charge in [-0.3, -0.25) is 9.71 Å². The predicted octanol–water partition coefficient (Wildman–Crippen LogP) is 1.82. The van der Waals surface area contributed by atoms with Crippen molar-refractivity contribution in [3.63, 3.8) is 0 Å². The lowest BCUT2D eigenvalue weighted by atomic mass is 10.2. The number of aromatic nitrogens is 2. The molecule has 1 aromatic heterocycles. The van der Waals surface area contributed by atoms with E-state index >= 15 is 0 Å². The highest BCUT2D eigenvalue weighted by Crippen LogP contribution is 2.27. The summed E-state index contributed by atoms with van der Waals surface area (Å²) in [4.78, 5) is 7.64. The van der Waals surface area contributed by atoms with Crippen molar-refractivity contribution in [2.45, 2.75) is 11.8 Å². The summed E-state index contributed by atoms with van der Waals surface area (Å²) >= 11 is 5.90. The number of nitrogens with two attached hydrogens (primary N) is 1. The number of nitrogen functional groups attached to an aromatic ring is 1. The zero-order valence-corrected chi connectivity index (χ0v) is 11.5. The van der Waals surface area contributed by atoms with E-state index in [1.165, 1.54) is 30.7 Å². The Morgan fingerprint density at radius 1 is 1.32 bits per heavy atom. The number of halogens is 1. The number of nitrogens with one attached hydrogen (secondary N) is 1. The molecule has 0 unspecified atom stereocenters. The van der Waals surface area contributed by atoms with Gasteiger partial charge in [0.25, 0.3) is 10.0 Å². The van der Waals surface area contributed by atoms with Crippen LogP contribution in [0.4, 0.5) is 11.5 Å². The second-order valence-corrected chi connectivity index (χ2v) is 5.90. The van der Waals surface area contributed by atoms with E-state index in [1.807, 2.05) is 0 Å². The van der Waals surface area contributed by atoms with Gasteiger partial charge in [-0.15, -0.1) is 0 Å². The van der Waals surface area contributed by atoms with Crippen molar-refractivity contribution < 1.29 is 8.42 Å². The first-order valence-corrected chi connectivity index (χ1v) is 7.11. The summed E-state index contributed by atoms with van der Waals surface area (Å²) in [6.07, 6.45) is 4.14. The molecule has 2 rings (SSSR count). The molecule has 0 fully saturated rings. The van der Waals surface area contributed by atoms with Crippen LogP contribution in [-0.4, -0.2) is 18.4 Å². The summed E-state index contributed by atoms with van der Waals surface area (Å²) < 4.78 is 26.6. The Labute approximate surface area is 115 Å². The summed E-state index contributed by atoms with van der Waals surface area (Å²) in [5, 5.41) is 0.346. The maximum absolute atomic E-state index is 12.1. The van der Waals surface area contributed by atoms with Crippen molar-refractivity contribution in [1.82, 2.24) is 9.97 Å². The summed E-state index contributed by atoms with van der Waals surface area (Å²) in [6.45, 7) is 1.68. The third kappa shape index (κ3) is 2.94. The van der Waals surface area contributed by atoms with Gasteiger partial charge >= 0.3 is 0 Å². The number of hydrogen-bond donors (Lipinski definition) is 2. The van der Waals surface area contributed by atoms with Crippen LogP contribution < -0.4 is 10.5 Å². The number of sulfonamides is 1. The molecule has 19 heavy (non-hydrogen) atoms. The molecule has 1 aromatic carbocycles. The first-order chi connectivity index (χ1) is 8.90. The van der Waals surface area contributed by atoms with Gasteiger partial charge in [0.15, 0.2) is 5.82 Å². The van der Waals surface area contributed by atoms with Gasteiger partial charge in [0.2, 0.25) is 0 Å². The highest BCUT2D eigenvalue weighted by molar-refractivity contribution is 7.92. The molecule has 0 radical (unpaired) electrons. The molecule has 0 aliphatic carbocycles. The van der Waals surface area contributed by atoms with Crippen LogP contribution in [0.25, 0.3) is 0 Å². The molecular weight excluding hydrogens is 288 g/mol. The molecule has 8 heteroatoms. The number of rotatable bonds is 3. The van der Waals surface area contributed by atoms with E-state index in [4.69, 9.17) is 17.3 Å². The topological polar surface area (TPSA) is 98.0 Å². The van der Waals surface area contributed by atoms with Gasteiger partial charge in [0, 0.05) is 12.4 Å². The molecule has 6 nitrogen and oxygen atoms in total. The Balaban J connectivity index is 2.40. The molecule has 0 bridgehead atoms. The molecule has 0 saturated carbocycles. The lowest BCUT2D eigenvalue weighted by Gasteiger charge is -2.09. The van der Waals surface area contributed by atoms with Crippen LogP contribution >= 0.6 is 11.6 Å². The van der Waals surface area contributed by atoms with Crippen molar-refractivity contribution in [2.24, 2.45) is 0 Å². The minimum atomic E-state index is -3.77. The number of nitrogens with zero attached hydrogens (tertiary/aromatic N) is 2. The lowest BCUT2D eigenvalue weighted by molar-refractivity contribution is 0.601. The number of anilines is 2. The van der Waals surface area contributed by atoms with Gasteiger partial charge in [-0.25, -0.2) is 13.4 Å². The van der Waals surface area contributed by atoms with Crippen molar-refractivity contribution >= 4 is 33.1 Å². The van der Waals surface area contributed by atoms with Crippen LogP contribution in [0, 0.1) is 6.92 Å². The van der Waals surface area contributed by atoms with E-state index < -0.39 is 10.0 Å². The van der Waals surface area contributed by atoms with Crippen LogP contribution in [0.2, 0.25) is 5.02 Å². The van der Waals surface area contributed by atoms with Crippen molar-refractivity contribution in [1.29, 1.82) is 0 Å². The maximum atomic E-state index is 12.1. The molecule has 3 N–H and O–H groups in total. The average Bonchev–Trinajstić information content (AvgIpc) is 2.36. The molecule has 0 saturated heterocycles. The number of benzene rings is 1. The summed E-state index contributed by atoms with van der Waals surface area (Å²) in [5.74, 6) is 0.133. The fourth-order valence-electron chi connectivity index (χ4n) is 1.47. The monoisotopic (exact) mass is 298 g/mol. The third-order valence-corrected chi connectivity index (χ3v) is 4.22. The fraction of sp³-hybridized carbons (Fsp3) is 0.0909. The normalized spacial score (nSPS) is 11.3. The molecule has 0 atom stereocenters. The molecular formula is C11H11ClN4O2S. The number of hydrogen-bond acceptors (Lipinski definition) is 5. The van der Waals surface area contributed by atoms with Gasteiger partial charge in [-0.05, 0) is 24.6 Å². The van der Waals surface area contributed by atoms with Gasteiger partial charge in [-0.1, -0.05) is 11.6 Å². The Morgan fingerprint density at radius 2 is 2.05 bits per heavy atom. The van der Waals surface area contributed by atoms with Crippen molar-refractivity contribution in [3.8, 4) is 0 Å². The SMILES string of the molecule is Cc1cc(S(=O)(=O)Nc2cnccn2)cc(N)c1Cl. The molecule has 100 valence electrons. The van der Waals surface area contributed by atoms with Crippen molar-refractivity contribution in [2.75, 3.05) is 10.5 Å². The Morgan fingerprint density at radius 3 is 2.63 bits per heavy atom. The fourth-order valence-corrected chi connectivity index (χ4v) is 2.69. The second-order valence-electron chi connectivity index (χ2n) is 3.84. The first kappa shape index (κ1) is 13.6. The summed E-state index contributed by atoms with van der Waals surface area (Å²) in [7, 11) is -3.77. The van der Waals surface area contributed by atoms with Gasteiger partial charge in [0.05, 0.1) is 21.8 Å². The molecule has 2 aromatic rings. The zero-order chi connectivity index (χ0) is 14.0. The van der Waals surface area contributed by atoms with Crippen LogP contribution in [0.5, 0.6) is 0 Å². The van der Waals surface area contributed by atoms with Crippen LogP contribution in [-0.2, 0) is 10.0 Å². The van der Waals surface area contributed by atoms with E-state index in [9.17, 15) is 8.42 Å².